The molecule has 0 N–H and O–H groups in total. The molecule has 1 aliphatic heterocycles. The van der Waals surface area contributed by atoms with E-state index in [0.717, 1.165) is 17.3 Å². The Bertz CT molecular complexity index is 800. The zero-order valence-electron chi connectivity index (χ0n) is 15.4. The Labute approximate surface area is 156 Å². The van der Waals surface area contributed by atoms with Crippen LogP contribution in [0.2, 0.25) is 0 Å². The van der Waals surface area contributed by atoms with Gasteiger partial charge in [-0.15, -0.1) is 20.4 Å². The van der Waals surface area contributed by atoms with Crippen molar-refractivity contribution in [2.24, 2.45) is 5.92 Å². The van der Waals surface area contributed by atoms with Crippen LogP contribution in [0.5, 0.6) is 0 Å². The maximum Gasteiger partial charge on any atom is 0.229 e. The molecule has 0 saturated carbocycles. The van der Waals surface area contributed by atoms with Gasteiger partial charge in [-0.05, 0) is 20.3 Å². The van der Waals surface area contributed by atoms with E-state index in [-0.39, 0.29) is 30.2 Å². The molecule has 140 valence electrons. The van der Waals surface area contributed by atoms with E-state index in [2.05, 4.69) is 20.4 Å². The van der Waals surface area contributed by atoms with E-state index >= 15 is 0 Å². The molecule has 1 fully saturated rings. The summed E-state index contributed by atoms with van der Waals surface area (Å²) < 4.78 is 1.93. The molecule has 0 aliphatic carbocycles. The number of nitrogens with zero attached hydrogens (tertiary/aromatic N) is 7. The van der Waals surface area contributed by atoms with E-state index in [1.54, 1.807) is 23.2 Å². The zero-order valence-corrected chi connectivity index (χ0v) is 16.2. The second-order valence-corrected chi connectivity index (χ2v) is 7.72. The first-order valence-electron chi connectivity index (χ1n) is 8.66. The number of hydrogen-bond donors (Lipinski definition) is 0. The lowest BCUT2D eigenvalue weighted by Crippen LogP contribution is -2.35. The third-order valence-corrected chi connectivity index (χ3v) is 5.51. The molecule has 3 heterocycles. The Morgan fingerprint density at radius 1 is 1.38 bits per heavy atom. The topological polar surface area (TPSA) is 97.1 Å². The van der Waals surface area contributed by atoms with E-state index in [0.29, 0.717) is 18.2 Å². The summed E-state index contributed by atoms with van der Waals surface area (Å²) in [5.41, 5.74) is 0. The summed E-state index contributed by atoms with van der Waals surface area (Å²) in [6, 6.07) is 0.220. The van der Waals surface area contributed by atoms with Gasteiger partial charge in [-0.25, -0.2) is 0 Å². The van der Waals surface area contributed by atoms with Gasteiger partial charge in [0.15, 0.2) is 5.82 Å². The third-order valence-electron chi connectivity index (χ3n) is 4.42. The SMILES string of the molecule is CCc1nnc(N2CC(C(=O)N(C)Cc3nncn3C(C)C)CC2=O)s1. The van der Waals surface area contributed by atoms with Crippen LogP contribution in [-0.2, 0) is 22.6 Å². The molecule has 3 rings (SSSR count). The van der Waals surface area contributed by atoms with Crippen LogP contribution in [0.3, 0.4) is 0 Å². The Balaban J connectivity index is 1.66. The molecule has 1 saturated heterocycles. The number of carbonyl (C=O) groups excluding carboxylic acids is 2. The van der Waals surface area contributed by atoms with E-state index in [1.807, 2.05) is 25.3 Å². The summed E-state index contributed by atoms with van der Waals surface area (Å²) in [6.07, 6.45) is 2.64. The van der Waals surface area contributed by atoms with Crippen LogP contribution in [0.25, 0.3) is 0 Å². The van der Waals surface area contributed by atoms with Crippen molar-refractivity contribution in [2.45, 2.75) is 46.2 Å². The predicted octanol–water partition coefficient (Wildman–Crippen LogP) is 1.28. The molecule has 26 heavy (non-hydrogen) atoms. The van der Waals surface area contributed by atoms with E-state index in [9.17, 15) is 9.59 Å². The normalized spacial score (nSPS) is 17.3. The van der Waals surface area contributed by atoms with Gasteiger partial charge in [-0.3, -0.25) is 14.5 Å². The fraction of sp³-hybridized carbons (Fsp3) is 0.625. The summed E-state index contributed by atoms with van der Waals surface area (Å²) in [5.74, 6) is 0.200. The lowest BCUT2D eigenvalue weighted by atomic mass is 10.1. The molecule has 1 unspecified atom stereocenters. The van der Waals surface area contributed by atoms with Crippen LogP contribution in [0.4, 0.5) is 5.13 Å². The van der Waals surface area contributed by atoms with E-state index < -0.39 is 0 Å². The smallest absolute Gasteiger partial charge is 0.229 e. The fourth-order valence-corrected chi connectivity index (χ4v) is 3.77. The molecule has 0 bridgehead atoms. The van der Waals surface area contributed by atoms with Crippen molar-refractivity contribution in [1.82, 2.24) is 29.9 Å². The Kier molecular flexibility index (Phi) is 5.30. The summed E-state index contributed by atoms with van der Waals surface area (Å²) in [5, 5.41) is 17.6. The van der Waals surface area contributed by atoms with Crippen LogP contribution in [0.15, 0.2) is 6.33 Å². The van der Waals surface area contributed by atoms with Gasteiger partial charge in [0.1, 0.15) is 11.3 Å². The van der Waals surface area contributed by atoms with Gasteiger partial charge in [0.05, 0.1) is 12.5 Å². The monoisotopic (exact) mass is 377 g/mol. The van der Waals surface area contributed by atoms with Gasteiger partial charge >= 0.3 is 0 Å². The largest absolute Gasteiger partial charge is 0.338 e. The quantitative estimate of drug-likeness (QED) is 0.752. The Hall–Kier alpha value is -2.36. The lowest BCUT2D eigenvalue weighted by molar-refractivity contribution is -0.135. The highest BCUT2D eigenvalue weighted by molar-refractivity contribution is 7.15. The molecule has 2 aromatic heterocycles. The maximum absolute atomic E-state index is 12.8. The molecule has 1 atom stereocenters. The van der Waals surface area contributed by atoms with E-state index in [1.165, 1.54) is 11.3 Å². The molecule has 2 amide bonds. The summed E-state index contributed by atoms with van der Waals surface area (Å²) in [6.45, 7) is 6.77. The molecule has 9 nitrogen and oxygen atoms in total. The van der Waals surface area contributed by atoms with Crippen molar-refractivity contribution in [3.63, 3.8) is 0 Å². The van der Waals surface area contributed by atoms with Crippen LogP contribution >= 0.6 is 11.3 Å². The van der Waals surface area contributed by atoms with Gasteiger partial charge in [-0.2, -0.15) is 0 Å². The highest BCUT2D eigenvalue weighted by Gasteiger charge is 2.38. The summed E-state index contributed by atoms with van der Waals surface area (Å²) in [7, 11) is 1.73. The van der Waals surface area contributed by atoms with Crippen molar-refractivity contribution in [1.29, 1.82) is 0 Å². The van der Waals surface area contributed by atoms with Gasteiger partial charge in [0.25, 0.3) is 0 Å². The lowest BCUT2D eigenvalue weighted by Gasteiger charge is -2.21. The molecule has 0 spiro atoms. The zero-order chi connectivity index (χ0) is 18.8. The minimum Gasteiger partial charge on any atom is -0.338 e. The minimum absolute atomic E-state index is 0.0700. The van der Waals surface area contributed by atoms with Gasteiger partial charge in [0, 0.05) is 26.1 Å². The molecule has 0 radical (unpaired) electrons. The van der Waals surface area contributed by atoms with Crippen molar-refractivity contribution < 1.29 is 9.59 Å². The van der Waals surface area contributed by atoms with Crippen molar-refractivity contribution in [3.8, 4) is 0 Å². The minimum atomic E-state index is -0.378. The van der Waals surface area contributed by atoms with Crippen LogP contribution < -0.4 is 4.90 Å². The maximum atomic E-state index is 12.8. The molecule has 2 aromatic rings. The fourth-order valence-electron chi connectivity index (χ4n) is 2.97. The van der Waals surface area contributed by atoms with Crippen molar-refractivity contribution in [2.75, 3.05) is 18.5 Å². The number of carbonyl (C=O) groups is 2. The first kappa shape index (κ1) is 18.4. The molecular formula is C16H23N7O2S. The Morgan fingerprint density at radius 2 is 2.15 bits per heavy atom. The number of aromatic nitrogens is 5. The first-order valence-corrected chi connectivity index (χ1v) is 9.48. The second kappa shape index (κ2) is 7.48. The van der Waals surface area contributed by atoms with Gasteiger partial charge in [0.2, 0.25) is 16.9 Å². The highest BCUT2D eigenvalue weighted by atomic mass is 32.1. The molecule has 10 heteroatoms. The molecule has 1 aliphatic rings. The van der Waals surface area contributed by atoms with Crippen molar-refractivity contribution in [3.05, 3.63) is 17.2 Å². The summed E-state index contributed by atoms with van der Waals surface area (Å²) in [4.78, 5) is 28.3. The second-order valence-electron chi connectivity index (χ2n) is 6.68. The van der Waals surface area contributed by atoms with Gasteiger partial charge in [-0.1, -0.05) is 18.3 Å². The third kappa shape index (κ3) is 3.59. The van der Waals surface area contributed by atoms with Crippen LogP contribution in [0, 0.1) is 5.92 Å². The number of rotatable bonds is 6. The number of anilines is 1. The molecule has 0 aromatic carbocycles. The number of aryl methyl sites for hydroxylation is 1. The summed E-state index contributed by atoms with van der Waals surface area (Å²) >= 11 is 1.40. The first-order chi connectivity index (χ1) is 12.4. The van der Waals surface area contributed by atoms with Gasteiger partial charge < -0.3 is 9.47 Å². The van der Waals surface area contributed by atoms with Crippen LogP contribution in [-0.4, -0.2) is 55.3 Å². The number of amides is 2. The van der Waals surface area contributed by atoms with Crippen molar-refractivity contribution >= 4 is 28.3 Å². The standard InChI is InChI=1S/C16H23N7O2S/c1-5-13-19-20-16(26-13)22-7-11(6-14(22)24)15(25)21(4)8-12-18-17-9-23(12)10(2)3/h9-11H,5-8H2,1-4H3. The highest BCUT2D eigenvalue weighted by Crippen LogP contribution is 2.29. The predicted molar refractivity (Wildman–Crippen MR) is 96.6 cm³/mol. The average molecular weight is 377 g/mol. The average Bonchev–Trinajstić information content (AvgIpc) is 3.32. The molecular weight excluding hydrogens is 354 g/mol. The number of hydrogen-bond acceptors (Lipinski definition) is 7. The van der Waals surface area contributed by atoms with Crippen LogP contribution in [0.1, 0.15) is 44.1 Å². The Morgan fingerprint density at radius 3 is 2.81 bits per heavy atom. The van der Waals surface area contributed by atoms with E-state index in [4.69, 9.17) is 0 Å².